The summed E-state index contributed by atoms with van der Waals surface area (Å²) in [5.74, 6) is 0.460. The number of rotatable bonds is 5. The second-order valence-corrected chi connectivity index (χ2v) is 7.31. The molecule has 0 aliphatic carbocycles. The van der Waals surface area contributed by atoms with Crippen molar-refractivity contribution >= 4 is 52.0 Å². The highest BCUT2D eigenvalue weighted by Gasteiger charge is 2.37. The highest BCUT2D eigenvalue weighted by atomic mass is 35.6. The van der Waals surface area contributed by atoms with Crippen LogP contribution in [0.15, 0.2) is 40.3 Å². The van der Waals surface area contributed by atoms with Gasteiger partial charge in [-0.15, -0.1) is 11.3 Å². The normalized spacial score (nSPS) is 13.2. The van der Waals surface area contributed by atoms with Gasteiger partial charge in [-0.2, -0.15) is 0 Å². The first-order valence-electron chi connectivity index (χ1n) is 5.73. The van der Waals surface area contributed by atoms with Crippen molar-refractivity contribution in [2.24, 2.45) is 0 Å². The van der Waals surface area contributed by atoms with E-state index in [-0.39, 0.29) is 5.91 Å². The Balaban J connectivity index is 1.99. The standard InChI is InChI=1S/C12H11Cl3N2O2S/c13-12(14,15)11(16-7-8-3-1-5-19-8)17-10(18)9-4-2-6-20-9/h1-6,11,16H,7H2,(H,17,18)/p+1/t11-/m0/s1. The lowest BCUT2D eigenvalue weighted by Gasteiger charge is -2.22. The van der Waals surface area contributed by atoms with E-state index in [2.05, 4.69) is 5.32 Å². The predicted octanol–water partition coefficient (Wildman–Crippen LogP) is 2.53. The lowest BCUT2D eigenvalue weighted by molar-refractivity contribution is -0.708. The molecule has 0 fully saturated rings. The Morgan fingerprint density at radius 3 is 2.75 bits per heavy atom. The van der Waals surface area contributed by atoms with Crippen molar-refractivity contribution in [3.05, 3.63) is 46.5 Å². The summed E-state index contributed by atoms with van der Waals surface area (Å²) in [6.07, 6.45) is 0.852. The van der Waals surface area contributed by atoms with Crippen molar-refractivity contribution in [1.29, 1.82) is 0 Å². The third-order valence-corrected chi connectivity index (χ3v) is 4.09. The SMILES string of the molecule is O=C(N[C@H]([NH2+]Cc1ccco1)C(Cl)(Cl)Cl)c1cccs1. The fourth-order valence-corrected chi connectivity index (χ4v) is 2.62. The van der Waals surface area contributed by atoms with Gasteiger partial charge in [-0.3, -0.25) is 10.1 Å². The number of hydrogen-bond donors (Lipinski definition) is 2. The van der Waals surface area contributed by atoms with Crippen molar-refractivity contribution < 1.29 is 14.5 Å². The van der Waals surface area contributed by atoms with Crippen LogP contribution in [0.4, 0.5) is 0 Å². The third-order valence-electron chi connectivity index (χ3n) is 2.52. The Labute approximate surface area is 135 Å². The molecule has 0 radical (unpaired) electrons. The van der Waals surface area contributed by atoms with Gasteiger partial charge in [0, 0.05) is 0 Å². The van der Waals surface area contributed by atoms with Crippen LogP contribution in [0.3, 0.4) is 0 Å². The zero-order valence-electron chi connectivity index (χ0n) is 10.2. The summed E-state index contributed by atoms with van der Waals surface area (Å²) in [4.78, 5) is 12.6. The number of quaternary nitrogens is 1. The molecular weight excluding hydrogens is 343 g/mol. The molecule has 3 N–H and O–H groups in total. The first-order chi connectivity index (χ1) is 9.47. The highest BCUT2D eigenvalue weighted by Crippen LogP contribution is 2.27. The van der Waals surface area contributed by atoms with Gasteiger partial charge >= 0.3 is 0 Å². The van der Waals surface area contributed by atoms with Gasteiger partial charge in [0.2, 0.25) is 6.17 Å². The van der Waals surface area contributed by atoms with Crippen molar-refractivity contribution in [3.8, 4) is 0 Å². The molecule has 0 saturated carbocycles. The lowest BCUT2D eigenvalue weighted by Crippen LogP contribution is -2.95. The number of halogens is 3. The minimum atomic E-state index is -1.63. The molecule has 108 valence electrons. The van der Waals surface area contributed by atoms with Crippen LogP contribution in [0.25, 0.3) is 0 Å². The minimum absolute atomic E-state index is 0.271. The Morgan fingerprint density at radius 2 is 2.20 bits per heavy atom. The fraction of sp³-hybridized carbons (Fsp3) is 0.250. The van der Waals surface area contributed by atoms with Crippen molar-refractivity contribution in [2.45, 2.75) is 16.5 Å². The topological polar surface area (TPSA) is 58.9 Å². The predicted molar refractivity (Wildman–Crippen MR) is 80.2 cm³/mol. The van der Waals surface area contributed by atoms with Gasteiger partial charge in [0.1, 0.15) is 6.54 Å². The second-order valence-electron chi connectivity index (χ2n) is 3.99. The van der Waals surface area contributed by atoms with E-state index in [1.165, 1.54) is 11.3 Å². The molecule has 0 spiro atoms. The average Bonchev–Trinajstić information content (AvgIpc) is 3.04. The van der Waals surface area contributed by atoms with E-state index in [0.717, 1.165) is 5.76 Å². The molecule has 0 saturated heterocycles. The van der Waals surface area contributed by atoms with Crippen LogP contribution in [0.5, 0.6) is 0 Å². The van der Waals surface area contributed by atoms with E-state index in [4.69, 9.17) is 39.2 Å². The van der Waals surface area contributed by atoms with Gasteiger partial charge in [0.15, 0.2) is 5.76 Å². The molecule has 1 amide bonds. The van der Waals surface area contributed by atoms with Gasteiger partial charge in [-0.1, -0.05) is 40.9 Å². The number of nitrogens with one attached hydrogen (secondary N) is 1. The number of hydrogen-bond acceptors (Lipinski definition) is 3. The molecule has 2 rings (SSSR count). The number of amides is 1. The number of alkyl halides is 3. The monoisotopic (exact) mass is 353 g/mol. The average molecular weight is 355 g/mol. The number of nitrogens with two attached hydrogens (primary N) is 1. The van der Waals surface area contributed by atoms with Crippen LogP contribution in [-0.2, 0) is 6.54 Å². The maximum absolute atomic E-state index is 12.0. The molecule has 2 aromatic heterocycles. The molecule has 0 aliphatic heterocycles. The van der Waals surface area contributed by atoms with Gasteiger partial charge in [0.05, 0.1) is 11.1 Å². The van der Waals surface area contributed by atoms with E-state index >= 15 is 0 Å². The first-order valence-corrected chi connectivity index (χ1v) is 7.75. The molecule has 0 aromatic carbocycles. The van der Waals surface area contributed by atoms with Crippen LogP contribution < -0.4 is 10.6 Å². The summed E-state index contributed by atoms with van der Waals surface area (Å²) in [6.45, 7) is 0.455. The van der Waals surface area contributed by atoms with E-state index in [1.807, 2.05) is 11.4 Å². The van der Waals surface area contributed by atoms with E-state index < -0.39 is 9.96 Å². The molecule has 0 unspecified atom stereocenters. The maximum atomic E-state index is 12.0. The summed E-state index contributed by atoms with van der Waals surface area (Å²) in [7, 11) is 0. The lowest BCUT2D eigenvalue weighted by atomic mass is 10.4. The van der Waals surface area contributed by atoms with Crippen LogP contribution in [0, 0.1) is 0 Å². The molecule has 0 bridgehead atoms. The molecule has 2 heterocycles. The summed E-state index contributed by atoms with van der Waals surface area (Å²) in [5.41, 5.74) is 0. The maximum Gasteiger partial charge on any atom is 0.265 e. The molecule has 4 nitrogen and oxygen atoms in total. The van der Waals surface area contributed by atoms with E-state index in [1.54, 1.807) is 29.8 Å². The zero-order chi connectivity index (χ0) is 14.6. The third kappa shape index (κ3) is 4.40. The van der Waals surface area contributed by atoms with Crippen LogP contribution in [-0.4, -0.2) is 15.9 Å². The Hall–Kier alpha value is -0.720. The summed E-state index contributed by atoms with van der Waals surface area (Å²) in [5, 5.41) is 6.22. The van der Waals surface area contributed by atoms with Gasteiger partial charge < -0.3 is 9.73 Å². The van der Waals surface area contributed by atoms with Gasteiger partial charge in [0.25, 0.3) is 9.70 Å². The summed E-state index contributed by atoms with van der Waals surface area (Å²) < 4.78 is 3.58. The quantitative estimate of drug-likeness (QED) is 0.640. The highest BCUT2D eigenvalue weighted by molar-refractivity contribution is 7.12. The molecule has 8 heteroatoms. The largest absolute Gasteiger partial charge is 0.463 e. The van der Waals surface area contributed by atoms with Crippen LogP contribution in [0.1, 0.15) is 15.4 Å². The zero-order valence-corrected chi connectivity index (χ0v) is 13.3. The van der Waals surface area contributed by atoms with Crippen LogP contribution >= 0.6 is 46.1 Å². The molecule has 1 atom stereocenters. The van der Waals surface area contributed by atoms with Gasteiger partial charge in [-0.05, 0) is 23.6 Å². The van der Waals surface area contributed by atoms with E-state index in [0.29, 0.717) is 11.4 Å². The number of carbonyl (C=O) groups excluding carboxylic acids is 1. The second kappa shape index (κ2) is 6.83. The van der Waals surface area contributed by atoms with Crippen molar-refractivity contribution in [1.82, 2.24) is 5.32 Å². The molecule has 20 heavy (non-hydrogen) atoms. The molecule has 0 aliphatic rings. The van der Waals surface area contributed by atoms with Gasteiger partial charge in [-0.25, -0.2) is 0 Å². The first kappa shape index (κ1) is 15.7. The molecular formula is C12H12Cl3N2O2S+. The minimum Gasteiger partial charge on any atom is -0.463 e. The Kier molecular flexibility index (Phi) is 5.35. The number of carbonyl (C=O) groups is 1. The summed E-state index contributed by atoms with van der Waals surface area (Å²) in [6, 6.07) is 7.09. The van der Waals surface area contributed by atoms with Crippen LogP contribution in [0.2, 0.25) is 0 Å². The smallest absolute Gasteiger partial charge is 0.265 e. The van der Waals surface area contributed by atoms with Crippen molar-refractivity contribution in [3.63, 3.8) is 0 Å². The number of furan rings is 1. The fourth-order valence-electron chi connectivity index (χ4n) is 1.56. The molecule has 2 aromatic rings. The summed E-state index contributed by atoms with van der Waals surface area (Å²) >= 11 is 19.0. The van der Waals surface area contributed by atoms with E-state index in [9.17, 15) is 4.79 Å². The number of thiophene rings is 1. The Bertz CT molecular complexity index is 538. The Morgan fingerprint density at radius 1 is 1.40 bits per heavy atom. The van der Waals surface area contributed by atoms with Crippen molar-refractivity contribution in [2.75, 3.05) is 0 Å².